The van der Waals surface area contributed by atoms with Gasteiger partial charge in [0.05, 0.1) is 12.4 Å². The third kappa shape index (κ3) is 3.60. The van der Waals surface area contributed by atoms with Crippen LogP contribution in [0, 0.1) is 0 Å². The molecule has 0 bridgehead atoms. The number of amides is 2. The number of rotatable bonds is 5. The lowest BCUT2D eigenvalue weighted by atomic mass is 10.2. The maximum Gasteiger partial charge on any atom is 0.326 e. The zero-order valence-corrected chi connectivity index (χ0v) is 11.2. The molecule has 1 fully saturated rings. The molecule has 2 heterocycles. The molecule has 3 N–H and O–H groups in total. The molecule has 0 radical (unpaired) electrons. The van der Waals surface area contributed by atoms with Crippen molar-refractivity contribution in [2.45, 2.75) is 25.0 Å². The van der Waals surface area contributed by atoms with Gasteiger partial charge in [0, 0.05) is 25.9 Å². The van der Waals surface area contributed by atoms with Gasteiger partial charge in [-0.3, -0.25) is 9.59 Å². The lowest BCUT2D eigenvalue weighted by Crippen LogP contribution is -2.41. The third-order valence-corrected chi connectivity index (χ3v) is 3.25. The summed E-state index contributed by atoms with van der Waals surface area (Å²) in [5.41, 5.74) is 0. The molecule has 2 rings (SSSR count). The maximum atomic E-state index is 12.0. The van der Waals surface area contributed by atoms with Crippen molar-refractivity contribution < 1.29 is 29.0 Å². The van der Waals surface area contributed by atoms with Gasteiger partial charge in [-0.1, -0.05) is 0 Å². The van der Waals surface area contributed by atoms with Crippen LogP contribution in [0.1, 0.15) is 23.4 Å². The molecule has 114 valence electrons. The minimum Gasteiger partial charge on any atom is -0.480 e. The van der Waals surface area contributed by atoms with E-state index in [9.17, 15) is 19.5 Å². The van der Waals surface area contributed by atoms with Crippen molar-refractivity contribution in [3.63, 3.8) is 0 Å². The average molecular weight is 296 g/mol. The van der Waals surface area contributed by atoms with Crippen LogP contribution in [0.15, 0.2) is 22.8 Å². The second-order valence-corrected chi connectivity index (χ2v) is 4.77. The number of carbonyl (C=O) groups is 3. The summed E-state index contributed by atoms with van der Waals surface area (Å²) < 4.78 is 4.90. The van der Waals surface area contributed by atoms with E-state index in [4.69, 9.17) is 9.52 Å². The number of furan rings is 1. The van der Waals surface area contributed by atoms with E-state index in [1.54, 1.807) is 6.07 Å². The van der Waals surface area contributed by atoms with E-state index in [0.717, 1.165) is 4.90 Å². The summed E-state index contributed by atoms with van der Waals surface area (Å²) in [5, 5.41) is 21.0. The van der Waals surface area contributed by atoms with Crippen molar-refractivity contribution in [3.05, 3.63) is 24.2 Å². The lowest BCUT2D eigenvalue weighted by molar-refractivity contribution is -0.148. The highest BCUT2D eigenvalue weighted by Gasteiger charge is 2.38. The number of nitrogens with one attached hydrogen (secondary N) is 1. The van der Waals surface area contributed by atoms with Crippen LogP contribution in [0.5, 0.6) is 0 Å². The summed E-state index contributed by atoms with van der Waals surface area (Å²) in [6.07, 6.45) is 0.527. The number of carboxylic acids is 1. The molecule has 2 atom stereocenters. The highest BCUT2D eigenvalue weighted by molar-refractivity contribution is 5.91. The number of hydrogen-bond acceptors (Lipinski definition) is 5. The molecule has 0 spiro atoms. The zero-order chi connectivity index (χ0) is 15.4. The fourth-order valence-electron chi connectivity index (χ4n) is 2.24. The van der Waals surface area contributed by atoms with Crippen LogP contribution in [-0.2, 0) is 9.59 Å². The van der Waals surface area contributed by atoms with Gasteiger partial charge in [-0.15, -0.1) is 0 Å². The van der Waals surface area contributed by atoms with Crippen LogP contribution in [0.4, 0.5) is 0 Å². The third-order valence-electron chi connectivity index (χ3n) is 3.25. The van der Waals surface area contributed by atoms with Gasteiger partial charge in [0.15, 0.2) is 5.76 Å². The second kappa shape index (κ2) is 6.40. The predicted molar refractivity (Wildman–Crippen MR) is 69.4 cm³/mol. The van der Waals surface area contributed by atoms with Crippen molar-refractivity contribution >= 4 is 17.8 Å². The van der Waals surface area contributed by atoms with E-state index in [2.05, 4.69) is 5.32 Å². The Morgan fingerprint density at radius 3 is 2.81 bits per heavy atom. The van der Waals surface area contributed by atoms with Gasteiger partial charge in [-0.05, 0) is 12.1 Å². The van der Waals surface area contributed by atoms with Gasteiger partial charge < -0.3 is 24.8 Å². The Kier molecular flexibility index (Phi) is 4.59. The number of β-amino-alcohol motifs (C(OH)–C–C–N with tert-alkyl or cyclic N) is 1. The van der Waals surface area contributed by atoms with Crippen LogP contribution < -0.4 is 5.32 Å². The first kappa shape index (κ1) is 15.0. The molecule has 2 amide bonds. The molecule has 1 saturated heterocycles. The SMILES string of the molecule is O=C(NCCC(=O)N1CC(O)C[C@H]1C(=O)O)c1ccco1. The number of nitrogens with zero attached hydrogens (tertiary/aromatic N) is 1. The Labute approximate surface area is 120 Å². The second-order valence-electron chi connectivity index (χ2n) is 4.77. The van der Waals surface area contributed by atoms with Gasteiger partial charge >= 0.3 is 5.97 Å². The zero-order valence-electron chi connectivity index (χ0n) is 11.2. The normalized spacial score (nSPS) is 21.3. The van der Waals surface area contributed by atoms with Crippen molar-refractivity contribution in [2.24, 2.45) is 0 Å². The topological polar surface area (TPSA) is 120 Å². The Bertz CT molecular complexity index is 527. The standard InChI is InChI=1S/C13H16N2O6/c16-8-6-9(13(19)20)15(7-8)11(17)3-4-14-12(18)10-2-1-5-21-10/h1-2,5,8-9,16H,3-4,6-7H2,(H,14,18)(H,19,20)/t8?,9-/m0/s1. The summed E-state index contributed by atoms with van der Waals surface area (Å²) in [7, 11) is 0. The number of likely N-dealkylation sites (tertiary alicyclic amines) is 1. The number of carbonyl (C=O) groups excluding carboxylic acids is 2. The molecule has 0 saturated carbocycles. The van der Waals surface area contributed by atoms with Gasteiger partial charge in [0.1, 0.15) is 6.04 Å². The van der Waals surface area contributed by atoms with Gasteiger partial charge in [-0.25, -0.2) is 4.79 Å². The monoisotopic (exact) mass is 296 g/mol. The van der Waals surface area contributed by atoms with Crippen molar-refractivity contribution in [3.8, 4) is 0 Å². The molecular weight excluding hydrogens is 280 g/mol. The smallest absolute Gasteiger partial charge is 0.326 e. The molecule has 21 heavy (non-hydrogen) atoms. The Hall–Kier alpha value is -2.35. The summed E-state index contributed by atoms with van der Waals surface area (Å²) in [6.45, 7) is 0.0687. The van der Waals surface area contributed by atoms with Gasteiger partial charge in [0.25, 0.3) is 5.91 Å². The molecule has 0 aromatic carbocycles. The Morgan fingerprint density at radius 1 is 1.43 bits per heavy atom. The molecular formula is C13H16N2O6. The fraction of sp³-hybridized carbons (Fsp3) is 0.462. The fourth-order valence-corrected chi connectivity index (χ4v) is 2.24. The molecule has 1 aliphatic heterocycles. The predicted octanol–water partition coefficient (Wildman–Crippen LogP) is -0.554. The summed E-state index contributed by atoms with van der Waals surface area (Å²) in [6, 6.07) is 2.06. The van der Waals surface area contributed by atoms with Gasteiger partial charge in [-0.2, -0.15) is 0 Å². The molecule has 1 aromatic heterocycles. The van der Waals surface area contributed by atoms with E-state index in [1.165, 1.54) is 12.3 Å². The molecule has 8 heteroatoms. The Balaban J connectivity index is 1.81. The summed E-state index contributed by atoms with van der Waals surface area (Å²) in [4.78, 5) is 35.7. The number of aliphatic hydroxyl groups is 1. The van der Waals surface area contributed by atoms with Crippen LogP contribution >= 0.6 is 0 Å². The summed E-state index contributed by atoms with van der Waals surface area (Å²) in [5.74, 6) is -1.86. The van der Waals surface area contributed by atoms with E-state index in [0.29, 0.717) is 0 Å². The van der Waals surface area contributed by atoms with Crippen LogP contribution in [0.3, 0.4) is 0 Å². The van der Waals surface area contributed by atoms with E-state index in [-0.39, 0.29) is 31.7 Å². The molecule has 8 nitrogen and oxygen atoms in total. The number of aliphatic carboxylic acids is 1. The van der Waals surface area contributed by atoms with Crippen molar-refractivity contribution in [1.82, 2.24) is 10.2 Å². The van der Waals surface area contributed by atoms with Crippen LogP contribution in [0.25, 0.3) is 0 Å². The molecule has 0 aliphatic carbocycles. The molecule has 1 aliphatic rings. The molecule has 1 unspecified atom stereocenters. The lowest BCUT2D eigenvalue weighted by Gasteiger charge is -2.21. The van der Waals surface area contributed by atoms with E-state index in [1.807, 2.05) is 0 Å². The quantitative estimate of drug-likeness (QED) is 0.670. The number of carboxylic acid groups (broad SMARTS) is 1. The highest BCUT2D eigenvalue weighted by atomic mass is 16.4. The van der Waals surface area contributed by atoms with E-state index < -0.39 is 29.9 Å². The number of aliphatic hydroxyl groups excluding tert-OH is 1. The first-order valence-electron chi connectivity index (χ1n) is 6.51. The largest absolute Gasteiger partial charge is 0.480 e. The van der Waals surface area contributed by atoms with Crippen molar-refractivity contribution in [1.29, 1.82) is 0 Å². The first-order chi connectivity index (χ1) is 9.99. The first-order valence-corrected chi connectivity index (χ1v) is 6.51. The average Bonchev–Trinajstić information content (AvgIpc) is 3.07. The minimum absolute atomic E-state index is 0.00191. The van der Waals surface area contributed by atoms with Crippen LogP contribution in [-0.4, -0.2) is 58.1 Å². The summed E-state index contributed by atoms with van der Waals surface area (Å²) >= 11 is 0. The van der Waals surface area contributed by atoms with Crippen molar-refractivity contribution in [2.75, 3.05) is 13.1 Å². The van der Waals surface area contributed by atoms with Crippen LogP contribution in [0.2, 0.25) is 0 Å². The van der Waals surface area contributed by atoms with Gasteiger partial charge in [0.2, 0.25) is 5.91 Å². The maximum absolute atomic E-state index is 12.0. The number of hydrogen-bond donors (Lipinski definition) is 3. The highest BCUT2D eigenvalue weighted by Crippen LogP contribution is 2.18. The Morgan fingerprint density at radius 2 is 2.19 bits per heavy atom. The minimum atomic E-state index is -1.14. The van der Waals surface area contributed by atoms with E-state index >= 15 is 0 Å². The molecule has 1 aromatic rings.